The van der Waals surface area contributed by atoms with Crippen LogP contribution in [0.4, 0.5) is 0 Å². The van der Waals surface area contributed by atoms with E-state index in [0.29, 0.717) is 37.4 Å². The molecule has 0 saturated carbocycles. The van der Waals surface area contributed by atoms with E-state index in [1.54, 1.807) is 12.1 Å². The minimum Gasteiger partial charge on any atom is -0.351 e. The molecule has 3 aromatic carbocycles. The summed E-state index contributed by atoms with van der Waals surface area (Å²) in [7, 11) is -3.60. The van der Waals surface area contributed by atoms with E-state index in [4.69, 9.17) is 0 Å². The molecular formula is C27H30N2O3S. The summed E-state index contributed by atoms with van der Waals surface area (Å²) in [6, 6.07) is 26.6. The normalized spacial score (nSPS) is 16.3. The van der Waals surface area contributed by atoms with Crippen LogP contribution in [0, 0.1) is 0 Å². The smallest absolute Gasteiger partial charge is 0.243 e. The van der Waals surface area contributed by atoms with Gasteiger partial charge < -0.3 is 5.32 Å². The van der Waals surface area contributed by atoms with Gasteiger partial charge in [-0.15, -0.1) is 0 Å². The second-order valence-corrected chi connectivity index (χ2v) is 10.5. The molecule has 1 amide bonds. The fourth-order valence-electron chi connectivity index (χ4n) is 4.51. The van der Waals surface area contributed by atoms with Crippen molar-refractivity contribution in [2.45, 2.75) is 43.0 Å². The van der Waals surface area contributed by atoms with Crippen LogP contribution in [0.1, 0.15) is 36.5 Å². The average Bonchev–Trinajstić information content (AvgIpc) is 2.88. The van der Waals surface area contributed by atoms with Crippen LogP contribution in [0.15, 0.2) is 89.8 Å². The molecule has 1 aliphatic heterocycles. The minimum atomic E-state index is -3.60. The van der Waals surface area contributed by atoms with Crippen LogP contribution < -0.4 is 5.32 Å². The lowest BCUT2D eigenvalue weighted by Gasteiger charge is -2.40. The van der Waals surface area contributed by atoms with Crippen molar-refractivity contribution in [2.75, 3.05) is 13.1 Å². The van der Waals surface area contributed by atoms with Crippen molar-refractivity contribution in [3.8, 4) is 0 Å². The number of carbonyl (C=O) groups is 1. The minimum absolute atomic E-state index is 0.0538. The molecule has 0 radical (unpaired) electrons. The summed E-state index contributed by atoms with van der Waals surface area (Å²) >= 11 is 0. The van der Waals surface area contributed by atoms with E-state index in [9.17, 15) is 13.2 Å². The summed E-state index contributed by atoms with van der Waals surface area (Å²) in [4.78, 5) is 13.8. The molecular weight excluding hydrogens is 432 g/mol. The van der Waals surface area contributed by atoms with Crippen LogP contribution in [0.25, 0.3) is 0 Å². The van der Waals surface area contributed by atoms with Crippen molar-refractivity contribution in [1.29, 1.82) is 0 Å². The van der Waals surface area contributed by atoms with E-state index in [1.165, 1.54) is 4.31 Å². The first-order chi connectivity index (χ1) is 16.0. The number of amides is 1. The van der Waals surface area contributed by atoms with Gasteiger partial charge in [0.15, 0.2) is 0 Å². The number of piperidine rings is 1. The molecule has 6 heteroatoms. The summed E-state index contributed by atoms with van der Waals surface area (Å²) in [6.45, 7) is 3.08. The molecule has 1 saturated heterocycles. The SMILES string of the molecule is CCc1ccc(S(=O)(=O)N2CCC(C(=O)NCc3ccccc3)(c3ccccc3)CC2)cc1. The van der Waals surface area contributed by atoms with Gasteiger partial charge in [-0.05, 0) is 48.1 Å². The van der Waals surface area contributed by atoms with Crippen LogP contribution in [0.3, 0.4) is 0 Å². The lowest BCUT2D eigenvalue weighted by molar-refractivity contribution is -0.128. The van der Waals surface area contributed by atoms with E-state index in [1.807, 2.05) is 79.7 Å². The van der Waals surface area contributed by atoms with Gasteiger partial charge in [0.2, 0.25) is 15.9 Å². The van der Waals surface area contributed by atoms with Gasteiger partial charge >= 0.3 is 0 Å². The number of hydrogen-bond acceptors (Lipinski definition) is 3. The third kappa shape index (κ3) is 4.87. The number of carbonyl (C=O) groups excluding carboxylic acids is 1. The Balaban J connectivity index is 1.54. The zero-order valence-corrected chi connectivity index (χ0v) is 19.7. The first kappa shape index (κ1) is 23.2. The Morgan fingerprint density at radius 3 is 2.00 bits per heavy atom. The second kappa shape index (κ2) is 9.89. The summed E-state index contributed by atoms with van der Waals surface area (Å²) in [5.74, 6) is -0.0538. The maximum Gasteiger partial charge on any atom is 0.243 e. The van der Waals surface area contributed by atoms with Crippen molar-refractivity contribution in [2.24, 2.45) is 0 Å². The molecule has 5 nitrogen and oxygen atoms in total. The molecule has 3 aromatic rings. The standard InChI is InChI=1S/C27H30N2O3S/c1-2-22-13-15-25(16-14-22)33(31,32)29-19-17-27(18-20-29,24-11-7-4-8-12-24)26(30)28-21-23-9-5-3-6-10-23/h3-16H,2,17-21H2,1H3,(H,28,30). The first-order valence-electron chi connectivity index (χ1n) is 11.4. The number of rotatable bonds is 7. The fraction of sp³-hybridized carbons (Fsp3) is 0.296. The summed E-state index contributed by atoms with van der Waals surface area (Å²) in [5.41, 5.74) is 2.31. The third-order valence-corrected chi connectivity index (χ3v) is 8.52. The Hall–Kier alpha value is -2.96. The summed E-state index contributed by atoms with van der Waals surface area (Å²) in [6.07, 6.45) is 1.73. The van der Waals surface area contributed by atoms with Crippen molar-refractivity contribution in [3.05, 3.63) is 102 Å². The number of hydrogen-bond donors (Lipinski definition) is 1. The maximum atomic E-state index is 13.5. The Bertz CT molecular complexity index is 1170. The lowest BCUT2D eigenvalue weighted by atomic mass is 9.72. The first-order valence-corrected chi connectivity index (χ1v) is 12.9. The Kier molecular flexibility index (Phi) is 6.96. The third-order valence-electron chi connectivity index (χ3n) is 6.60. The van der Waals surface area contributed by atoms with Gasteiger partial charge in [0.1, 0.15) is 0 Å². The van der Waals surface area contributed by atoms with Crippen LogP contribution in [0.5, 0.6) is 0 Å². The molecule has 0 spiro atoms. The number of nitrogens with one attached hydrogen (secondary N) is 1. The Labute approximate surface area is 196 Å². The highest BCUT2D eigenvalue weighted by Gasteiger charge is 2.45. The molecule has 4 rings (SSSR count). The van der Waals surface area contributed by atoms with Crippen LogP contribution >= 0.6 is 0 Å². The predicted molar refractivity (Wildman–Crippen MR) is 130 cm³/mol. The van der Waals surface area contributed by atoms with Crippen LogP contribution in [0.2, 0.25) is 0 Å². The van der Waals surface area contributed by atoms with E-state index >= 15 is 0 Å². The monoisotopic (exact) mass is 462 g/mol. The van der Waals surface area contributed by atoms with Crippen LogP contribution in [-0.2, 0) is 33.2 Å². The number of aryl methyl sites for hydroxylation is 1. The summed E-state index contributed by atoms with van der Waals surface area (Å²) in [5, 5.41) is 3.10. The number of sulfonamides is 1. The molecule has 1 N–H and O–H groups in total. The molecule has 33 heavy (non-hydrogen) atoms. The van der Waals surface area contributed by atoms with Crippen molar-refractivity contribution in [3.63, 3.8) is 0 Å². The van der Waals surface area contributed by atoms with Crippen LogP contribution in [-0.4, -0.2) is 31.7 Å². The average molecular weight is 463 g/mol. The molecule has 172 valence electrons. The second-order valence-electron chi connectivity index (χ2n) is 8.52. The van der Waals surface area contributed by atoms with E-state index in [0.717, 1.165) is 23.1 Å². The molecule has 1 fully saturated rings. The molecule has 0 unspecified atom stereocenters. The zero-order valence-electron chi connectivity index (χ0n) is 18.9. The van der Waals surface area contributed by atoms with Gasteiger partial charge in [0.05, 0.1) is 10.3 Å². The molecule has 0 bridgehead atoms. The van der Waals surface area contributed by atoms with Gasteiger partial charge in [-0.2, -0.15) is 4.31 Å². The van der Waals surface area contributed by atoms with Gasteiger partial charge in [-0.25, -0.2) is 8.42 Å². The van der Waals surface area contributed by atoms with Crippen molar-refractivity contribution in [1.82, 2.24) is 9.62 Å². The molecule has 1 aliphatic rings. The molecule has 1 heterocycles. The quantitative estimate of drug-likeness (QED) is 0.570. The molecule has 0 atom stereocenters. The van der Waals surface area contributed by atoms with Gasteiger partial charge in [0, 0.05) is 19.6 Å². The predicted octanol–water partition coefficient (Wildman–Crippen LogP) is 4.29. The van der Waals surface area contributed by atoms with Gasteiger partial charge in [-0.1, -0.05) is 79.7 Å². The van der Waals surface area contributed by atoms with Crippen molar-refractivity contribution >= 4 is 15.9 Å². The number of benzene rings is 3. The lowest BCUT2D eigenvalue weighted by Crippen LogP contribution is -2.52. The summed E-state index contributed by atoms with van der Waals surface area (Å²) < 4.78 is 28.0. The Morgan fingerprint density at radius 1 is 0.848 bits per heavy atom. The van der Waals surface area contributed by atoms with E-state index in [2.05, 4.69) is 5.32 Å². The van der Waals surface area contributed by atoms with Gasteiger partial charge in [0.25, 0.3) is 0 Å². The highest BCUT2D eigenvalue weighted by Crippen LogP contribution is 2.37. The van der Waals surface area contributed by atoms with Crippen molar-refractivity contribution < 1.29 is 13.2 Å². The number of nitrogens with zero attached hydrogens (tertiary/aromatic N) is 1. The fourth-order valence-corrected chi connectivity index (χ4v) is 5.95. The van der Waals surface area contributed by atoms with E-state index in [-0.39, 0.29) is 5.91 Å². The topological polar surface area (TPSA) is 66.5 Å². The molecule has 0 aromatic heterocycles. The maximum absolute atomic E-state index is 13.5. The highest BCUT2D eigenvalue weighted by atomic mass is 32.2. The largest absolute Gasteiger partial charge is 0.351 e. The van der Waals surface area contributed by atoms with E-state index < -0.39 is 15.4 Å². The Morgan fingerprint density at radius 2 is 1.42 bits per heavy atom. The molecule has 0 aliphatic carbocycles. The zero-order chi connectivity index (χ0) is 23.3. The van der Waals surface area contributed by atoms with Gasteiger partial charge in [-0.3, -0.25) is 4.79 Å². The highest BCUT2D eigenvalue weighted by molar-refractivity contribution is 7.89.